The van der Waals surface area contributed by atoms with Gasteiger partial charge in [0.2, 0.25) is 10.0 Å². The number of hydrogen-bond donors (Lipinski definition) is 2. The molecule has 1 unspecified atom stereocenters. The van der Waals surface area contributed by atoms with E-state index in [1.54, 1.807) is 0 Å². The highest BCUT2D eigenvalue weighted by molar-refractivity contribution is 7.94. The fourth-order valence-electron chi connectivity index (χ4n) is 2.34. The molecule has 1 aromatic rings. The zero-order valence-electron chi connectivity index (χ0n) is 12.4. The molecule has 3 N–H and O–H groups in total. The number of thiophene rings is 1. The number of nitrogens with one attached hydrogen (secondary N) is 1. The van der Waals surface area contributed by atoms with Crippen LogP contribution in [-0.4, -0.2) is 47.4 Å². The number of primary sulfonamides is 1. The van der Waals surface area contributed by atoms with Crippen molar-refractivity contribution in [3.8, 4) is 0 Å². The van der Waals surface area contributed by atoms with Gasteiger partial charge in [0.05, 0.1) is 6.67 Å². The Bertz CT molecular complexity index is 751. The molecule has 0 amide bonds. The van der Waals surface area contributed by atoms with Crippen molar-refractivity contribution in [2.75, 3.05) is 26.3 Å². The zero-order valence-corrected chi connectivity index (χ0v) is 15.6. The Balaban J connectivity index is 0.00000264. The van der Waals surface area contributed by atoms with E-state index in [0.717, 1.165) is 0 Å². The maximum Gasteiger partial charge on any atom is 0.252 e. The fraction of sp³-hybridized carbons (Fsp3) is 0.636. The highest BCUT2D eigenvalue weighted by atomic mass is 35.5. The third kappa shape index (κ3) is 4.21. The van der Waals surface area contributed by atoms with E-state index >= 15 is 0 Å². The molecule has 0 saturated heterocycles. The number of alkyl halides is 1. The number of fused-ring (bicyclic) bond motifs is 1. The van der Waals surface area contributed by atoms with Gasteiger partial charge in [0.25, 0.3) is 10.0 Å². The first kappa shape index (κ1) is 20.7. The summed E-state index contributed by atoms with van der Waals surface area (Å²) in [6.45, 7) is 2.04. The minimum absolute atomic E-state index is 0. The molecule has 2 heterocycles. The SMILES string of the molecule is CCNC1CN(CCCF)S(=O)(=O)c2sc(S(N)(=O)=O)cc21.Cl. The standard InChI is InChI=1S/C11H18FN3O4S3.ClH/c1-2-14-9-7-15(5-3-4-12)22(18,19)11-8(9)6-10(20-11)21(13,16)17;/h6,9,14H,2-5,7H2,1H3,(H2,13,16,17);1H. The number of rotatable bonds is 6. The van der Waals surface area contributed by atoms with Crippen LogP contribution in [0.3, 0.4) is 0 Å². The summed E-state index contributed by atoms with van der Waals surface area (Å²) in [6, 6.07) is 0.974. The van der Waals surface area contributed by atoms with Gasteiger partial charge in [-0.25, -0.2) is 22.0 Å². The second-order valence-corrected chi connectivity index (χ2v) is 9.84. The Labute approximate surface area is 145 Å². The van der Waals surface area contributed by atoms with Crippen LogP contribution in [0.2, 0.25) is 0 Å². The number of nitrogens with two attached hydrogens (primary N) is 1. The van der Waals surface area contributed by atoms with E-state index in [1.807, 2.05) is 6.92 Å². The lowest BCUT2D eigenvalue weighted by Gasteiger charge is -2.32. The van der Waals surface area contributed by atoms with Gasteiger partial charge in [0.15, 0.2) is 0 Å². The maximum absolute atomic E-state index is 12.6. The van der Waals surface area contributed by atoms with E-state index in [-0.39, 0.29) is 46.4 Å². The molecule has 0 aromatic carbocycles. The molecule has 134 valence electrons. The summed E-state index contributed by atoms with van der Waals surface area (Å²) in [4.78, 5) is 0. The van der Waals surface area contributed by atoms with Crippen molar-refractivity contribution in [2.24, 2.45) is 5.14 Å². The quantitative estimate of drug-likeness (QED) is 0.725. The molecule has 1 atom stereocenters. The van der Waals surface area contributed by atoms with Gasteiger partial charge >= 0.3 is 0 Å². The Morgan fingerprint density at radius 2 is 2.17 bits per heavy atom. The van der Waals surface area contributed by atoms with Crippen LogP contribution in [0.15, 0.2) is 14.5 Å². The molecule has 7 nitrogen and oxygen atoms in total. The summed E-state index contributed by atoms with van der Waals surface area (Å²) in [6.07, 6.45) is 0.0980. The molecule has 1 aliphatic rings. The van der Waals surface area contributed by atoms with E-state index in [1.165, 1.54) is 10.4 Å². The summed E-state index contributed by atoms with van der Waals surface area (Å²) in [7, 11) is -7.79. The Morgan fingerprint density at radius 1 is 1.52 bits per heavy atom. The molecular formula is C11H19ClFN3O4S3. The van der Waals surface area contributed by atoms with Crippen LogP contribution in [0.4, 0.5) is 4.39 Å². The summed E-state index contributed by atoms with van der Waals surface area (Å²) >= 11 is 0.640. The molecule has 0 spiro atoms. The largest absolute Gasteiger partial charge is 0.309 e. The van der Waals surface area contributed by atoms with Crippen molar-refractivity contribution in [2.45, 2.75) is 27.8 Å². The van der Waals surface area contributed by atoms with Crippen LogP contribution in [0, 0.1) is 0 Å². The molecule has 1 aliphatic heterocycles. The van der Waals surface area contributed by atoms with Gasteiger partial charge in [-0.15, -0.1) is 23.7 Å². The third-order valence-corrected chi connectivity index (χ3v) is 8.27. The fourth-order valence-corrected chi connectivity index (χ4v) is 6.64. The molecule has 0 saturated carbocycles. The van der Waals surface area contributed by atoms with E-state index in [2.05, 4.69) is 5.32 Å². The number of hydrogen-bond acceptors (Lipinski definition) is 6. The minimum Gasteiger partial charge on any atom is -0.309 e. The number of nitrogens with zero attached hydrogens (tertiary/aromatic N) is 1. The van der Waals surface area contributed by atoms with Gasteiger partial charge in [-0.1, -0.05) is 6.92 Å². The Kier molecular flexibility index (Phi) is 6.96. The number of halogens is 2. The van der Waals surface area contributed by atoms with Crippen molar-refractivity contribution in [3.63, 3.8) is 0 Å². The van der Waals surface area contributed by atoms with Gasteiger partial charge in [-0.05, 0) is 19.0 Å². The molecule has 23 heavy (non-hydrogen) atoms. The monoisotopic (exact) mass is 407 g/mol. The Hall–Kier alpha value is -0.300. The lowest BCUT2D eigenvalue weighted by molar-refractivity contribution is 0.325. The Morgan fingerprint density at radius 3 is 2.70 bits per heavy atom. The molecule has 1 aromatic heterocycles. The first-order chi connectivity index (χ1) is 10.2. The van der Waals surface area contributed by atoms with Crippen LogP contribution in [-0.2, 0) is 20.0 Å². The van der Waals surface area contributed by atoms with Gasteiger partial charge in [0.1, 0.15) is 8.42 Å². The molecule has 0 fully saturated rings. The lowest BCUT2D eigenvalue weighted by atomic mass is 10.1. The van der Waals surface area contributed by atoms with E-state index in [9.17, 15) is 21.2 Å². The minimum atomic E-state index is -3.97. The average molecular weight is 408 g/mol. The zero-order chi connectivity index (χ0) is 16.5. The lowest BCUT2D eigenvalue weighted by Crippen LogP contribution is -2.43. The van der Waals surface area contributed by atoms with Crippen LogP contribution in [0.5, 0.6) is 0 Å². The summed E-state index contributed by atoms with van der Waals surface area (Å²) in [5, 5.41) is 8.22. The highest BCUT2D eigenvalue weighted by Gasteiger charge is 2.39. The topological polar surface area (TPSA) is 110 Å². The van der Waals surface area contributed by atoms with Crippen molar-refractivity contribution in [1.29, 1.82) is 0 Å². The van der Waals surface area contributed by atoms with Gasteiger partial charge < -0.3 is 5.32 Å². The van der Waals surface area contributed by atoms with Crippen LogP contribution < -0.4 is 10.5 Å². The summed E-state index contributed by atoms with van der Waals surface area (Å²) in [5.74, 6) is 0. The number of sulfonamides is 2. The third-order valence-electron chi connectivity index (χ3n) is 3.31. The molecule has 0 aliphatic carbocycles. The molecule has 2 rings (SSSR count). The van der Waals surface area contributed by atoms with Gasteiger partial charge in [-0.2, -0.15) is 4.31 Å². The van der Waals surface area contributed by atoms with Gasteiger partial charge in [-0.3, -0.25) is 4.39 Å². The second kappa shape index (κ2) is 7.72. The van der Waals surface area contributed by atoms with Gasteiger partial charge in [0, 0.05) is 24.7 Å². The van der Waals surface area contributed by atoms with Crippen molar-refractivity contribution in [3.05, 3.63) is 11.6 Å². The second-order valence-electron chi connectivity index (χ2n) is 4.87. The van der Waals surface area contributed by atoms with Crippen molar-refractivity contribution in [1.82, 2.24) is 9.62 Å². The average Bonchev–Trinajstić information content (AvgIpc) is 2.87. The smallest absolute Gasteiger partial charge is 0.252 e. The first-order valence-corrected chi connectivity index (χ1v) is 10.5. The number of likely N-dealkylation sites (N-methyl/N-ethyl adjacent to an activating group) is 1. The first-order valence-electron chi connectivity index (χ1n) is 6.67. The molecule has 0 radical (unpaired) electrons. The van der Waals surface area contributed by atoms with Crippen LogP contribution in [0.1, 0.15) is 24.9 Å². The molecular weight excluding hydrogens is 389 g/mol. The normalized spacial score (nSPS) is 20.7. The van der Waals surface area contributed by atoms with E-state index in [0.29, 0.717) is 23.4 Å². The van der Waals surface area contributed by atoms with Crippen molar-refractivity contribution < 1.29 is 21.2 Å². The molecule has 12 heteroatoms. The predicted molar refractivity (Wildman–Crippen MR) is 88.7 cm³/mol. The predicted octanol–water partition coefficient (Wildman–Crippen LogP) is 0.832. The highest BCUT2D eigenvalue weighted by Crippen LogP contribution is 2.39. The van der Waals surface area contributed by atoms with E-state index in [4.69, 9.17) is 5.14 Å². The van der Waals surface area contributed by atoms with Crippen LogP contribution in [0.25, 0.3) is 0 Å². The summed E-state index contributed by atoms with van der Waals surface area (Å²) < 4.78 is 61.4. The maximum atomic E-state index is 12.6. The summed E-state index contributed by atoms with van der Waals surface area (Å²) in [5.41, 5.74) is 0.410. The van der Waals surface area contributed by atoms with E-state index < -0.39 is 26.7 Å². The van der Waals surface area contributed by atoms with Crippen LogP contribution >= 0.6 is 23.7 Å². The van der Waals surface area contributed by atoms with Crippen molar-refractivity contribution >= 4 is 43.8 Å². The molecule has 0 bridgehead atoms.